The topological polar surface area (TPSA) is 80.7 Å². The van der Waals surface area contributed by atoms with Crippen molar-refractivity contribution < 1.29 is 14.3 Å². The highest BCUT2D eigenvalue weighted by Gasteiger charge is 2.24. The number of fused-ring (bicyclic) bond motifs is 1. The molecule has 0 unspecified atom stereocenters. The molecule has 0 aliphatic carbocycles. The molecule has 2 heterocycles. The first-order valence-corrected chi connectivity index (χ1v) is 10.8. The molecule has 2 aromatic heterocycles. The van der Waals surface area contributed by atoms with Crippen LogP contribution in [0.15, 0.2) is 24.3 Å². The predicted molar refractivity (Wildman–Crippen MR) is 119 cm³/mol. The van der Waals surface area contributed by atoms with E-state index in [0.717, 1.165) is 23.3 Å². The lowest BCUT2D eigenvalue weighted by molar-refractivity contribution is 0.0977. The maximum atomic E-state index is 13.5. The number of ether oxygens (including phenoxy) is 2. The van der Waals surface area contributed by atoms with E-state index >= 15 is 0 Å². The fraction of sp³-hybridized carbons (Fsp3) is 0.400. The molecule has 1 aromatic carbocycles. The molecule has 0 bridgehead atoms. The van der Waals surface area contributed by atoms with Crippen LogP contribution in [-0.4, -0.2) is 66.2 Å². The number of carbonyl (C=O) groups excluding carboxylic acids is 1. The maximum absolute atomic E-state index is 13.5. The van der Waals surface area contributed by atoms with E-state index in [1.54, 1.807) is 11.0 Å². The minimum atomic E-state index is -0.300. The number of hydrogen-bond donors (Lipinski definition) is 0. The fourth-order valence-corrected chi connectivity index (χ4v) is 4.18. The summed E-state index contributed by atoms with van der Waals surface area (Å²) < 4.78 is 11.2. The second-order valence-corrected chi connectivity index (χ2v) is 7.82. The van der Waals surface area contributed by atoms with Gasteiger partial charge < -0.3 is 14.4 Å². The van der Waals surface area contributed by atoms with Gasteiger partial charge >= 0.3 is 6.01 Å². The third-order valence-electron chi connectivity index (χ3n) is 4.64. The summed E-state index contributed by atoms with van der Waals surface area (Å²) >= 11 is 7.53. The zero-order valence-electron chi connectivity index (χ0n) is 17.4. The van der Waals surface area contributed by atoms with Crippen LogP contribution >= 0.6 is 22.9 Å². The van der Waals surface area contributed by atoms with Crippen molar-refractivity contribution in [1.29, 1.82) is 0 Å². The highest BCUT2D eigenvalue weighted by Crippen LogP contribution is 2.31. The molecule has 0 fully saturated rings. The summed E-state index contributed by atoms with van der Waals surface area (Å²) in [7, 11) is 2.92. The Morgan fingerprint density at radius 2 is 1.83 bits per heavy atom. The molecule has 0 aliphatic heterocycles. The van der Waals surface area contributed by atoms with Crippen LogP contribution in [0.3, 0.4) is 0 Å². The molecule has 0 N–H and O–H groups in total. The number of likely N-dealkylation sites (N-methyl/N-ethyl adjacent to an activating group) is 1. The molecule has 160 valence electrons. The minimum absolute atomic E-state index is 0.0671. The standard InChI is InChI=1S/C20H24ClN5O3S/c1-5-25(6-2)9-10-26(20-23-14-8-7-13(21)11-16(14)30-20)18(27)15-12-17(28-3)24-19(22-15)29-4/h7-8,11-12H,5-6,9-10H2,1-4H3. The molecule has 0 atom stereocenters. The number of thiazole rings is 1. The highest BCUT2D eigenvalue weighted by molar-refractivity contribution is 7.22. The average Bonchev–Trinajstić information content (AvgIpc) is 3.18. The molecule has 0 radical (unpaired) electrons. The van der Waals surface area contributed by atoms with Gasteiger partial charge in [0.1, 0.15) is 5.69 Å². The van der Waals surface area contributed by atoms with Gasteiger partial charge in [0.25, 0.3) is 5.91 Å². The van der Waals surface area contributed by atoms with Crippen molar-refractivity contribution in [3.8, 4) is 11.9 Å². The summed E-state index contributed by atoms with van der Waals surface area (Å²) in [5.74, 6) is -0.0451. The van der Waals surface area contributed by atoms with E-state index in [-0.39, 0.29) is 23.5 Å². The Morgan fingerprint density at radius 3 is 2.50 bits per heavy atom. The van der Waals surface area contributed by atoms with E-state index in [9.17, 15) is 4.79 Å². The molecule has 30 heavy (non-hydrogen) atoms. The van der Waals surface area contributed by atoms with E-state index in [2.05, 4.69) is 33.7 Å². The van der Waals surface area contributed by atoms with Gasteiger partial charge in [-0.1, -0.05) is 36.8 Å². The summed E-state index contributed by atoms with van der Waals surface area (Å²) in [5, 5.41) is 1.21. The van der Waals surface area contributed by atoms with Gasteiger partial charge in [0.15, 0.2) is 5.13 Å². The number of benzene rings is 1. The van der Waals surface area contributed by atoms with Gasteiger partial charge in [0.2, 0.25) is 5.88 Å². The summed E-state index contributed by atoms with van der Waals surface area (Å²) in [5.41, 5.74) is 0.966. The molecule has 0 spiro atoms. The van der Waals surface area contributed by atoms with Gasteiger partial charge in [-0.2, -0.15) is 9.97 Å². The molecule has 10 heteroatoms. The van der Waals surface area contributed by atoms with E-state index in [0.29, 0.717) is 23.2 Å². The van der Waals surface area contributed by atoms with Gasteiger partial charge in [-0.25, -0.2) is 4.98 Å². The van der Waals surface area contributed by atoms with Crippen LogP contribution in [0, 0.1) is 0 Å². The smallest absolute Gasteiger partial charge is 0.320 e. The Balaban J connectivity index is 2.00. The number of amides is 1. The number of nitrogens with zero attached hydrogens (tertiary/aromatic N) is 5. The van der Waals surface area contributed by atoms with E-state index < -0.39 is 0 Å². The third kappa shape index (κ3) is 4.97. The fourth-order valence-electron chi connectivity index (χ4n) is 2.91. The normalized spacial score (nSPS) is 11.1. The lowest BCUT2D eigenvalue weighted by Crippen LogP contribution is -2.39. The lowest BCUT2D eigenvalue weighted by Gasteiger charge is -2.24. The molecular formula is C20H24ClN5O3S. The molecule has 3 rings (SSSR count). The van der Waals surface area contributed by atoms with Crippen molar-refractivity contribution in [3.05, 3.63) is 35.0 Å². The first-order chi connectivity index (χ1) is 14.5. The van der Waals surface area contributed by atoms with Crippen LogP contribution < -0.4 is 14.4 Å². The number of aromatic nitrogens is 3. The Labute approximate surface area is 184 Å². The Morgan fingerprint density at radius 1 is 1.07 bits per heavy atom. The predicted octanol–water partition coefficient (Wildman–Crippen LogP) is 3.75. The second kappa shape index (κ2) is 10.0. The molecule has 3 aromatic rings. The van der Waals surface area contributed by atoms with Gasteiger partial charge in [0.05, 0.1) is 24.4 Å². The van der Waals surface area contributed by atoms with Crippen molar-refractivity contribution in [3.63, 3.8) is 0 Å². The summed E-state index contributed by atoms with van der Waals surface area (Å²) in [4.78, 5) is 30.3. The van der Waals surface area contributed by atoms with Crippen LogP contribution in [0.25, 0.3) is 10.2 Å². The van der Waals surface area contributed by atoms with Crippen LogP contribution in [0.5, 0.6) is 11.9 Å². The zero-order valence-corrected chi connectivity index (χ0v) is 19.0. The summed E-state index contributed by atoms with van der Waals surface area (Å²) in [6.45, 7) is 7.13. The van der Waals surface area contributed by atoms with E-state index in [4.69, 9.17) is 21.1 Å². The number of hydrogen-bond acceptors (Lipinski definition) is 8. The Bertz CT molecular complexity index is 1000. The summed E-state index contributed by atoms with van der Waals surface area (Å²) in [6.07, 6.45) is 0. The second-order valence-electron chi connectivity index (χ2n) is 6.37. The van der Waals surface area contributed by atoms with Crippen LogP contribution in [0.2, 0.25) is 5.02 Å². The van der Waals surface area contributed by atoms with Gasteiger partial charge in [0, 0.05) is 24.2 Å². The first-order valence-electron chi connectivity index (χ1n) is 9.56. The maximum Gasteiger partial charge on any atom is 0.320 e. The Kier molecular flexibility index (Phi) is 7.41. The van der Waals surface area contributed by atoms with Gasteiger partial charge in [-0.05, 0) is 31.3 Å². The molecule has 0 saturated carbocycles. The zero-order chi connectivity index (χ0) is 21.7. The van der Waals surface area contributed by atoms with Crippen molar-refractivity contribution in [2.24, 2.45) is 0 Å². The summed E-state index contributed by atoms with van der Waals surface area (Å²) in [6, 6.07) is 7.05. The van der Waals surface area contributed by atoms with Crippen molar-refractivity contribution in [2.45, 2.75) is 13.8 Å². The third-order valence-corrected chi connectivity index (χ3v) is 5.92. The molecule has 0 saturated heterocycles. The molecular weight excluding hydrogens is 426 g/mol. The van der Waals surface area contributed by atoms with E-state index in [1.807, 2.05) is 12.1 Å². The van der Waals surface area contributed by atoms with Crippen LogP contribution in [0.4, 0.5) is 5.13 Å². The number of anilines is 1. The van der Waals surface area contributed by atoms with Crippen LogP contribution in [-0.2, 0) is 0 Å². The number of carbonyl (C=O) groups is 1. The average molecular weight is 450 g/mol. The lowest BCUT2D eigenvalue weighted by atomic mass is 10.3. The van der Waals surface area contributed by atoms with E-state index in [1.165, 1.54) is 31.6 Å². The molecule has 8 nitrogen and oxygen atoms in total. The van der Waals surface area contributed by atoms with Crippen molar-refractivity contribution >= 4 is 44.2 Å². The SMILES string of the molecule is CCN(CC)CCN(C(=O)c1cc(OC)nc(OC)n1)c1nc2ccc(Cl)cc2s1. The molecule has 0 aliphatic rings. The number of rotatable bonds is 9. The number of halogens is 1. The van der Waals surface area contributed by atoms with Gasteiger partial charge in [-0.15, -0.1) is 0 Å². The van der Waals surface area contributed by atoms with Gasteiger partial charge in [-0.3, -0.25) is 9.69 Å². The van der Waals surface area contributed by atoms with Crippen molar-refractivity contribution in [2.75, 3.05) is 45.3 Å². The quantitative estimate of drug-likeness (QED) is 0.492. The monoisotopic (exact) mass is 449 g/mol. The van der Waals surface area contributed by atoms with Crippen LogP contribution in [0.1, 0.15) is 24.3 Å². The highest BCUT2D eigenvalue weighted by atomic mass is 35.5. The van der Waals surface area contributed by atoms with Crippen molar-refractivity contribution in [1.82, 2.24) is 19.9 Å². The Hall–Kier alpha value is -2.49. The first kappa shape index (κ1) is 22.2. The minimum Gasteiger partial charge on any atom is -0.481 e. The number of methoxy groups -OCH3 is 2. The largest absolute Gasteiger partial charge is 0.481 e. The molecule has 1 amide bonds.